The predicted molar refractivity (Wildman–Crippen MR) is 81.6 cm³/mol. The van der Waals surface area contributed by atoms with Crippen LogP contribution < -0.4 is 10.2 Å². The first-order valence-corrected chi connectivity index (χ1v) is 7.67. The van der Waals surface area contributed by atoms with Gasteiger partial charge in [0.2, 0.25) is 0 Å². The summed E-state index contributed by atoms with van der Waals surface area (Å²) in [5, 5.41) is 4.52. The van der Waals surface area contributed by atoms with E-state index in [4.69, 9.17) is 4.98 Å². The van der Waals surface area contributed by atoms with E-state index in [1.807, 2.05) is 11.3 Å². The van der Waals surface area contributed by atoms with Gasteiger partial charge in [-0.3, -0.25) is 0 Å². The van der Waals surface area contributed by atoms with E-state index >= 15 is 0 Å². The van der Waals surface area contributed by atoms with Crippen LogP contribution in [0.4, 0.5) is 5.13 Å². The molecule has 1 unspecified atom stereocenters. The fourth-order valence-electron chi connectivity index (χ4n) is 1.99. The minimum Gasteiger partial charge on any atom is -0.348 e. The van der Waals surface area contributed by atoms with Crippen LogP contribution in [0.5, 0.6) is 0 Å². The Morgan fingerprint density at radius 1 is 1.33 bits per heavy atom. The van der Waals surface area contributed by atoms with Crippen LogP contribution in [-0.2, 0) is 6.54 Å². The Labute approximate surface area is 116 Å². The van der Waals surface area contributed by atoms with Crippen molar-refractivity contribution in [2.75, 3.05) is 18.5 Å². The van der Waals surface area contributed by atoms with Crippen LogP contribution in [0.2, 0.25) is 0 Å². The molecule has 1 aromatic heterocycles. The molecule has 1 heterocycles. The van der Waals surface area contributed by atoms with Crippen LogP contribution in [0.3, 0.4) is 0 Å². The summed E-state index contributed by atoms with van der Waals surface area (Å²) in [4.78, 5) is 8.37. The number of anilines is 1. The van der Waals surface area contributed by atoms with Crippen molar-refractivity contribution in [2.24, 2.45) is 5.92 Å². The van der Waals surface area contributed by atoms with Crippen LogP contribution in [0, 0.1) is 12.8 Å². The Kier molecular flexibility index (Phi) is 6.09. The quantitative estimate of drug-likeness (QED) is 0.822. The minimum atomic E-state index is 0.544. The number of aromatic nitrogens is 1. The second kappa shape index (κ2) is 7.10. The maximum absolute atomic E-state index is 4.70. The summed E-state index contributed by atoms with van der Waals surface area (Å²) >= 11 is 1.82. The highest BCUT2D eigenvalue weighted by Gasteiger charge is 2.16. The zero-order chi connectivity index (χ0) is 13.7. The SMILES string of the molecule is CCNCc1sc(N(C)C(C)CC(C)C)nc1C. The van der Waals surface area contributed by atoms with E-state index in [1.54, 1.807) is 0 Å². The smallest absolute Gasteiger partial charge is 0.185 e. The summed E-state index contributed by atoms with van der Waals surface area (Å²) in [5.74, 6) is 0.727. The normalized spacial score (nSPS) is 13.1. The lowest BCUT2D eigenvalue weighted by atomic mass is 10.0. The summed E-state index contributed by atoms with van der Waals surface area (Å²) in [6, 6.07) is 0.544. The first-order valence-electron chi connectivity index (χ1n) is 6.85. The molecule has 1 atom stereocenters. The van der Waals surface area contributed by atoms with Gasteiger partial charge >= 0.3 is 0 Å². The average molecular weight is 269 g/mol. The molecule has 0 saturated heterocycles. The molecular formula is C14H27N3S. The van der Waals surface area contributed by atoms with Crippen LogP contribution >= 0.6 is 11.3 Å². The first kappa shape index (κ1) is 15.4. The van der Waals surface area contributed by atoms with E-state index in [2.05, 4.69) is 51.9 Å². The molecule has 0 fully saturated rings. The summed E-state index contributed by atoms with van der Waals surface area (Å²) < 4.78 is 0. The molecule has 1 aromatic rings. The summed E-state index contributed by atoms with van der Waals surface area (Å²) in [5.41, 5.74) is 1.17. The molecular weight excluding hydrogens is 242 g/mol. The summed E-state index contributed by atoms with van der Waals surface area (Å²) in [6.45, 7) is 13.0. The molecule has 0 aliphatic rings. The summed E-state index contributed by atoms with van der Waals surface area (Å²) in [7, 11) is 2.16. The van der Waals surface area contributed by atoms with Gasteiger partial charge in [0.05, 0.1) is 5.69 Å². The Balaban J connectivity index is 2.71. The van der Waals surface area contributed by atoms with E-state index in [0.29, 0.717) is 6.04 Å². The van der Waals surface area contributed by atoms with Crippen molar-refractivity contribution in [3.8, 4) is 0 Å². The van der Waals surface area contributed by atoms with Gasteiger partial charge in [-0.2, -0.15) is 0 Å². The number of hydrogen-bond donors (Lipinski definition) is 1. The van der Waals surface area contributed by atoms with E-state index < -0.39 is 0 Å². The minimum absolute atomic E-state index is 0.544. The van der Waals surface area contributed by atoms with Crippen LogP contribution in [0.1, 0.15) is 44.7 Å². The highest BCUT2D eigenvalue weighted by molar-refractivity contribution is 7.15. The highest BCUT2D eigenvalue weighted by atomic mass is 32.1. The molecule has 104 valence electrons. The Morgan fingerprint density at radius 2 is 2.00 bits per heavy atom. The third kappa shape index (κ3) is 4.25. The Bertz CT molecular complexity index is 360. The van der Waals surface area contributed by atoms with Crippen molar-refractivity contribution in [3.63, 3.8) is 0 Å². The van der Waals surface area contributed by atoms with Gasteiger partial charge in [-0.25, -0.2) is 4.98 Å². The molecule has 0 radical (unpaired) electrons. The number of hydrogen-bond acceptors (Lipinski definition) is 4. The third-order valence-corrected chi connectivity index (χ3v) is 4.44. The topological polar surface area (TPSA) is 28.2 Å². The fourth-order valence-corrected chi connectivity index (χ4v) is 3.09. The largest absolute Gasteiger partial charge is 0.348 e. The van der Waals surface area contributed by atoms with Crippen LogP contribution in [-0.4, -0.2) is 24.6 Å². The van der Waals surface area contributed by atoms with Gasteiger partial charge in [-0.05, 0) is 32.7 Å². The monoisotopic (exact) mass is 269 g/mol. The number of nitrogens with zero attached hydrogens (tertiary/aromatic N) is 2. The van der Waals surface area contributed by atoms with Crippen LogP contribution in [0.15, 0.2) is 0 Å². The lowest BCUT2D eigenvalue weighted by Gasteiger charge is -2.25. The third-order valence-electron chi connectivity index (χ3n) is 3.19. The highest BCUT2D eigenvalue weighted by Crippen LogP contribution is 2.27. The summed E-state index contributed by atoms with van der Waals surface area (Å²) in [6.07, 6.45) is 1.21. The number of rotatable bonds is 7. The van der Waals surface area contributed by atoms with Gasteiger partial charge < -0.3 is 10.2 Å². The molecule has 0 aromatic carbocycles. The predicted octanol–water partition coefficient (Wildman–Crippen LogP) is 3.43. The van der Waals surface area contributed by atoms with Gasteiger partial charge in [0.25, 0.3) is 0 Å². The lowest BCUT2D eigenvalue weighted by molar-refractivity contribution is 0.503. The number of thiazole rings is 1. The molecule has 18 heavy (non-hydrogen) atoms. The first-order chi connectivity index (χ1) is 8.45. The number of nitrogens with one attached hydrogen (secondary N) is 1. The Hall–Kier alpha value is -0.610. The molecule has 3 nitrogen and oxygen atoms in total. The maximum atomic E-state index is 4.70. The van der Waals surface area contributed by atoms with Crippen molar-refractivity contribution in [2.45, 2.75) is 53.6 Å². The molecule has 4 heteroatoms. The van der Waals surface area contributed by atoms with Gasteiger partial charge in [0.15, 0.2) is 5.13 Å². The van der Waals surface area contributed by atoms with E-state index in [0.717, 1.165) is 24.1 Å². The van der Waals surface area contributed by atoms with Gasteiger partial charge in [0, 0.05) is 24.5 Å². The van der Waals surface area contributed by atoms with Crippen molar-refractivity contribution < 1.29 is 0 Å². The molecule has 1 N–H and O–H groups in total. The van der Waals surface area contributed by atoms with Crippen molar-refractivity contribution >= 4 is 16.5 Å². The molecule has 0 aliphatic carbocycles. The molecule has 0 spiro atoms. The second-order valence-corrected chi connectivity index (χ2v) is 6.44. The van der Waals surface area contributed by atoms with Crippen molar-refractivity contribution in [1.82, 2.24) is 10.3 Å². The average Bonchev–Trinajstić information content (AvgIpc) is 2.66. The van der Waals surface area contributed by atoms with Gasteiger partial charge in [-0.1, -0.05) is 20.8 Å². The molecule has 0 amide bonds. The van der Waals surface area contributed by atoms with E-state index in [-0.39, 0.29) is 0 Å². The molecule has 0 saturated carbocycles. The maximum Gasteiger partial charge on any atom is 0.185 e. The zero-order valence-electron chi connectivity index (χ0n) is 12.6. The van der Waals surface area contributed by atoms with E-state index in [1.165, 1.54) is 17.0 Å². The lowest BCUT2D eigenvalue weighted by Crippen LogP contribution is -2.29. The fraction of sp³-hybridized carbons (Fsp3) is 0.786. The van der Waals surface area contributed by atoms with Crippen LogP contribution in [0.25, 0.3) is 0 Å². The number of aryl methyl sites for hydroxylation is 1. The molecule has 0 aliphatic heterocycles. The second-order valence-electron chi connectivity index (χ2n) is 5.37. The van der Waals surface area contributed by atoms with Crippen molar-refractivity contribution in [3.05, 3.63) is 10.6 Å². The van der Waals surface area contributed by atoms with Crippen molar-refractivity contribution in [1.29, 1.82) is 0 Å². The van der Waals surface area contributed by atoms with Gasteiger partial charge in [-0.15, -0.1) is 11.3 Å². The van der Waals surface area contributed by atoms with Gasteiger partial charge in [0.1, 0.15) is 0 Å². The zero-order valence-corrected chi connectivity index (χ0v) is 13.4. The Morgan fingerprint density at radius 3 is 2.56 bits per heavy atom. The standard InChI is InChI=1S/C14H27N3S/c1-7-15-9-13-12(5)16-14(18-13)17(6)11(4)8-10(2)3/h10-11,15H,7-9H2,1-6H3. The molecule has 1 rings (SSSR count). The van der Waals surface area contributed by atoms with E-state index in [9.17, 15) is 0 Å². The molecule has 0 bridgehead atoms.